The summed E-state index contributed by atoms with van der Waals surface area (Å²) in [5, 5.41) is 1.33. The molecule has 1 heterocycles. The quantitative estimate of drug-likeness (QED) is 0.769. The number of methoxy groups -OCH3 is 1. The highest BCUT2D eigenvalue weighted by Crippen LogP contribution is 2.41. The van der Waals surface area contributed by atoms with Gasteiger partial charge < -0.3 is 4.74 Å². The topological polar surface area (TPSA) is 35.0 Å². The molecular formula is C14H15ClN2O. The molecule has 0 N–H and O–H groups in total. The standard InChI is InChI=1S/C14H15ClN2O/c1-18-11-7-6-10-8-16-14(15)17-13(10)12(11)9-4-2-3-5-9/h6-9H,2-5H2,1H3. The molecule has 1 aromatic carbocycles. The van der Waals surface area contributed by atoms with Crippen molar-refractivity contribution in [1.29, 1.82) is 0 Å². The van der Waals surface area contributed by atoms with Crippen LogP contribution in [0.2, 0.25) is 5.28 Å². The fourth-order valence-electron chi connectivity index (χ4n) is 2.87. The van der Waals surface area contributed by atoms with Crippen LogP contribution >= 0.6 is 11.6 Å². The lowest BCUT2D eigenvalue weighted by Gasteiger charge is -2.16. The van der Waals surface area contributed by atoms with Gasteiger partial charge in [-0.3, -0.25) is 0 Å². The predicted octanol–water partition coefficient (Wildman–Crippen LogP) is 3.95. The second kappa shape index (κ2) is 4.73. The molecule has 0 atom stereocenters. The Labute approximate surface area is 111 Å². The average Bonchev–Trinajstić information content (AvgIpc) is 2.90. The van der Waals surface area contributed by atoms with E-state index in [1.54, 1.807) is 13.3 Å². The summed E-state index contributed by atoms with van der Waals surface area (Å²) in [6.07, 6.45) is 6.75. The van der Waals surface area contributed by atoms with Gasteiger partial charge in [-0.05, 0) is 42.5 Å². The molecule has 1 aromatic heterocycles. The fraction of sp³-hybridized carbons (Fsp3) is 0.429. The van der Waals surface area contributed by atoms with E-state index in [1.807, 2.05) is 12.1 Å². The summed E-state index contributed by atoms with van der Waals surface area (Å²) < 4.78 is 5.50. The Morgan fingerprint density at radius 3 is 2.78 bits per heavy atom. The predicted molar refractivity (Wildman–Crippen MR) is 72.3 cm³/mol. The first-order chi connectivity index (χ1) is 8.79. The molecule has 1 aliphatic rings. The molecule has 2 aromatic rings. The van der Waals surface area contributed by atoms with Gasteiger partial charge in [0.05, 0.1) is 12.6 Å². The molecule has 0 bridgehead atoms. The third-order valence-electron chi connectivity index (χ3n) is 3.71. The van der Waals surface area contributed by atoms with Crippen molar-refractivity contribution in [2.45, 2.75) is 31.6 Å². The number of nitrogens with zero attached hydrogens (tertiary/aromatic N) is 2. The largest absolute Gasteiger partial charge is 0.496 e. The van der Waals surface area contributed by atoms with E-state index in [-0.39, 0.29) is 0 Å². The SMILES string of the molecule is COc1ccc2cnc(Cl)nc2c1C1CCCC1. The fourth-order valence-corrected chi connectivity index (χ4v) is 3.00. The molecule has 0 unspecified atom stereocenters. The molecule has 18 heavy (non-hydrogen) atoms. The van der Waals surface area contributed by atoms with Crippen LogP contribution in [0, 0.1) is 0 Å². The number of ether oxygens (including phenoxy) is 1. The number of hydrogen-bond acceptors (Lipinski definition) is 3. The minimum Gasteiger partial charge on any atom is -0.496 e. The molecule has 0 aliphatic heterocycles. The molecule has 3 nitrogen and oxygen atoms in total. The van der Waals surface area contributed by atoms with Gasteiger partial charge in [-0.1, -0.05) is 12.8 Å². The summed E-state index contributed by atoms with van der Waals surface area (Å²) in [7, 11) is 1.71. The first-order valence-corrected chi connectivity index (χ1v) is 6.66. The molecule has 3 rings (SSSR count). The Morgan fingerprint density at radius 2 is 2.06 bits per heavy atom. The highest BCUT2D eigenvalue weighted by Gasteiger charge is 2.23. The molecule has 0 saturated heterocycles. The zero-order valence-electron chi connectivity index (χ0n) is 10.3. The summed E-state index contributed by atoms with van der Waals surface area (Å²) >= 11 is 5.93. The van der Waals surface area contributed by atoms with Crippen molar-refractivity contribution < 1.29 is 4.74 Å². The van der Waals surface area contributed by atoms with E-state index in [2.05, 4.69) is 9.97 Å². The summed E-state index contributed by atoms with van der Waals surface area (Å²) in [5.74, 6) is 1.46. The Hall–Kier alpha value is -1.35. The van der Waals surface area contributed by atoms with E-state index >= 15 is 0 Å². The molecule has 94 valence electrons. The van der Waals surface area contributed by atoms with Crippen LogP contribution < -0.4 is 4.74 Å². The first kappa shape index (κ1) is 11.7. The summed E-state index contributed by atoms with van der Waals surface area (Å²) in [4.78, 5) is 8.45. The van der Waals surface area contributed by atoms with Gasteiger partial charge in [-0.15, -0.1) is 0 Å². The number of fused-ring (bicyclic) bond motifs is 1. The van der Waals surface area contributed by atoms with Crippen LogP contribution in [0.4, 0.5) is 0 Å². The van der Waals surface area contributed by atoms with E-state index < -0.39 is 0 Å². The first-order valence-electron chi connectivity index (χ1n) is 6.28. The van der Waals surface area contributed by atoms with Gasteiger partial charge in [0.25, 0.3) is 0 Å². The van der Waals surface area contributed by atoms with Crippen molar-refractivity contribution in [3.05, 3.63) is 29.2 Å². The van der Waals surface area contributed by atoms with Gasteiger partial charge in [-0.25, -0.2) is 9.97 Å². The third kappa shape index (κ3) is 1.93. The number of hydrogen-bond donors (Lipinski definition) is 0. The van der Waals surface area contributed by atoms with Crippen molar-refractivity contribution in [2.75, 3.05) is 7.11 Å². The molecule has 1 aliphatic carbocycles. The number of halogens is 1. The second-order valence-corrected chi connectivity index (χ2v) is 5.08. The average molecular weight is 263 g/mol. The van der Waals surface area contributed by atoms with E-state index in [4.69, 9.17) is 16.3 Å². The van der Waals surface area contributed by atoms with Crippen molar-refractivity contribution in [1.82, 2.24) is 9.97 Å². The lowest BCUT2D eigenvalue weighted by molar-refractivity contribution is 0.406. The number of rotatable bonds is 2. The lowest BCUT2D eigenvalue weighted by atomic mass is 9.94. The Balaban J connectivity index is 2.25. The smallest absolute Gasteiger partial charge is 0.222 e. The van der Waals surface area contributed by atoms with Crippen LogP contribution in [0.15, 0.2) is 18.3 Å². The van der Waals surface area contributed by atoms with Crippen molar-refractivity contribution in [3.63, 3.8) is 0 Å². The molecular weight excluding hydrogens is 248 g/mol. The summed E-state index contributed by atoms with van der Waals surface area (Å²) in [6.45, 7) is 0. The maximum absolute atomic E-state index is 5.93. The summed E-state index contributed by atoms with van der Waals surface area (Å²) in [6, 6.07) is 4.00. The Morgan fingerprint density at radius 1 is 1.28 bits per heavy atom. The number of aromatic nitrogens is 2. The van der Waals surface area contributed by atoms with Crippen LogP contribution in [0.5, 0.6) is 5.75 Å². The minimum atomic E-state index is 0.301. The normalized spacial score (nSPS) is 16.3. The number of benzene rings is 1. The van der Waals surface area contributed by atoms with Crippen LogP contribution in [-0.2, 0) is 0 Å². The molecule has 0 radical (unpaired) electrons. The highest BCUT2D eigenvalue weighted by atomic mass is 35.5. The van der Waals surface area contributed by atoms with Gasteiger partial charge in [0, 0.05) is 17.1 Å². The van der Waals surface area contributed by atoms with Gasteiger partial charge in [0.1, 0.15) is 5.75 Å². The van der Waals surface area contributed by atoms with Gasteiger partial charge in [-0.2, -0.15) is 0 Å². The monoisotopic (exact) mass is 262 g/mol. The van der Waals surface area contributed by atoms with Crippen LogP contribution in [0.25, 0.3) is 10.9 Å². The van der Waals surface area contributed by atoms with Crippen molar-refractivity contribution >= 4 is 22.5 Å². The highest BCUT2D eigenvalue weighted by molar-refractivity contribution is 6.28. The van der Waals surface area contributed by atoms with Crippen LogP contribution in [0.1, 0.15) is 37.2 Å². The summed E-state index contributed by atoms with van der Waals surface area (Å²) in [5.41, 5.74) is 2.15. The van der Waals surface area contributed by atoms with E-state index in [9.17, 15) is 0 Å². The Bertz CT molecular complexity index is 579. The maximum Gasteiger partial charge on any atom is 0.222 e. The second-order valence-electron chi connectivity index (χ2n) is 4.74. The van der Waals surface area contributed by atoms with Crippen LogP contribution in [0.3, 0.4) is 0 Å². The van der Waals surface area contributed by atoms with E-state index in [1.165, 1.54) is 31.2 Å². The minimum absolute atomic E-state index is 0.301. The van der Waals surface area contributed by atoms with Gasteiger partial charge in [0.2, 0.25) is 5.28 Å². The van der Waals surface area contributed by atoms with Crippen molar-refractivity contribution in [2.24, 2.45) is 0 Å². The molecule has 1 saturated carbocycles. The van der Waals surface area contributed by atoms with E-state index in [0.29, 0.717) is 11.2 Å². The molecule has 0 amide bonds. The zero-order chi connectivity index (χ0) is 12.5. The van der Waals surface area contributed by atoms with E-state index in [0.717, 1.165) is 16.7 Å². The maximum atomic E-state index is 5.93. The molecule has 0 spiro atoms. The molecule has 4 heteroatoms. The lowest BCUT2D eigenvalue weighted by Crippen LogP contribution is -2.00. The Kier molecular flexibility index (Phi) is 3.08. The van der Waals surface area contributed by atoms with Crippen LogP contribution in [-0.4, -0.2) is 17.1 Å². The van der Waals surface area contributed by atoms with Gasteiger partial charge >= 0.3 is 0 Å². The molecule has 1 fully saturated rings. The van der Waals surface area contributed by atoms with Crippen molar-refractivity contribution in [3.8, 4) is 5.75 Å². The zero-order valence-corrected chi connectivity index (χ0v) is 11.1. The third-order valence-corrected chi connectivity index (χ3v) is 3.89. The van der Waals surface area contributed by atoms with Gasteiger partial charge in [0.15, 0.2) is 0 Å².